The number of nitrogens with one attached hydrogen (secondary N) is 1. The lowest BCUT2D eigenvalue weighted by molar-refractivity contribution is 0.329. The maximum atomic E-state index is 12.6. The molecule has 18 heavy (non-hydrogen) atoms. The van der Waals surface area contributed by atoms with Crippen molar-refractivity contribution in [2.75, 3.05) is 19.6 Å². The number of fused-ring (bicyclic) bond motifs is 1. The lowest BCUT2D eigenvalue weighted by atomic mass is 9.93. The maximum Gasteiger partial charge on any atom is 0.252 e. The van der Waals surface area contributed by atoms with Crippen LogP contribution < -0.4 is 5.32 Å². The summed E-state index contributed by atoms with van der Waals surface area (Å²) in [6.07, 6.45) is 0.896. The third-order valence-corrected chi connectivity index (χ3v) is 7.41. The number of thiophene rings is 1. The molecule has 2 fully saturated rings. The van der Waals surface area contributed by atoms with Crippen molar-refractivity contribution in [1.82, 2.24) is 9.62 Å². The molecule has 1 aromatic heterocycles. The average Bonchev–Trinajstić information content (AvgIpc) is 3.05. The molecule has 0 spiro atoms. The highest BCUT2D eigenvalue weighted by molar-refractivity contribution is 7.91. The summed E-state index contributed by atoms with van der Waals surface area (Å²) in [7, 11) is -3.27. The van der Waals surface area contributed by atoms with Crippen LogP contribution in [0.15, 0.2) is 21.7 Å². The Kier molecular flexibility index (Phi) is 3.21. The normalized spacial score (nSPS) is 32.8. The van der Waals surface area contributed by atoms with E-state index >= 15 is 0 Å². The zero-order valence-corrected chi connectivity index (χ0v) is 12.0. The molecule has 0 radical (unpaired) electrons. The summed E-state index contributed by atoms with van der Waals surface area (Å²) in [5.41, 5.74) is 0. The Labute approximate surface area is 112 Å². The Bertz CT molecular complexity index is 512. The van der Waals surface area contributed by atoms with Crippen molar-refractivity contribution < 1.29 is 8.42 Å². The van der Waals surface area contributed by atoms with Crippen LogP contribution in [-0.2, 0) is 10.0 Å². The molecule has 3 unspecified atom stereocenters. The monoisotopic (exact) mass is 286 g/mol. The van der Waals surface area contributed by atoms with Gasteiger partial charge in [0.15, 0.2) is 0 Å². The second kappa shape index (κ2) is 4.59. The molecule has 0 aromatic carbocycles. The highest BCUT2D eigenvalue weighted by Gasteiger charge is 2.48. The predicted octanol–water partition coefficient (Wildman–Crippen LogP) is 1.37. The van der Waals surface area contributed by atoms with Crippen molar-refractivity contribution >= 4 is 21.4 Å². The predicted molar refractivity (Wildman–Crippen MR) is 72.1 cm³/mol. The molecule has 6 heteroatoms. The van der Waals surface area contributed by atoms with Gasteiger partial charge in [0.2, 0.25) is 0 Å². The topological polar surface area (TPSA) is 49.4 Å². The minimum atomic E-state index is -3.27. The zero-order chi connectivity index (χ0) is 12.8. The number of rotatable bonds is 3. The van der Waals surface area contributed by atoms with Crippen LogP contribution in [0.5, 0.6) is 0 Å². The fraction of sp³-hybridized carbons (Fsp3) is 0.667. The van der Waals surface area contributed by atoms with Gasteiger partial charge in [-0.25, -0.2) is 8.42 Å². The van der Waals surface area contributed by atoms with E-state index in [0.29, 0.717) is 22.6 Å². The molecule has 0 bridgehead atoms. The molecule has 2 saturated heterocycles. The minimum Gasteiger partial charge on any atom is -0.316 e. The van der Waals surface area contributed by atoms with Crippen molar-refractivity contribution in [3.8, 4) is 0 Å². The maximum absolute atomic E-state index is 12.6. The smallest absolute Gasteiger partial charge is 0.252 e. The first kappa shape index (κ1) is 12.6. The first-order valence-electron chi connectivity index (χ1n) is 6.40. The molecule has 0 aliphatic carbocycles. The first-order chi connectivity index (χ1) is 8.64. The van der Waals surface area contributed by atoms with Gasteiger partial charge >= 0.3 is 0 Å². The fourth-order valence-corrected chi connectivity index (χ4v) is 6.21. The number of hydrogen-bond acceptors (Lipinski definition) is 4. The number of nitrogens with zero attached hydrogens (tertiary/aromatic N) is 1. The van der Waals surface area contributed by atoms with E-state index in [1.54, 1.807) is 16.4 Å². The Balaban J connectivity index is 1.93. The van der Waals surface area contributed by atoms with Gasteiger partial charge in [-0.05, 0) is 42.8 Å². The summed E-state index contributed by atoms with van der Waals surface area (Å²) in [4.78, 5) is 0. The molecule has 0 saturated carbocycles. The Morgan fingerprint density at radius 2 is 2.33 bits per heavy atom. The van der Waals surface area contributed by atoms with Gasteiger partial charge in [-0.15, -0.1) is 11.3 Å². The summed E-state index contributed by atoms with van der Waals surface area (Å²) >= 11 is 1.31. The SMILES string of the molecule is CCC1C2CNCC2CN1S(=O)(=O)c1cccs1. The van der Waals surface area contributed by atoms with Crippen LogP contribution in [0, 0.1) is 11.8 Å². The second-order valence-electron chi connectivity index (χ2n) is 5.06. The van der Waals surface area contributed by atoms with Gasteiger partial charge in [0.25, 0.3) is 10.0 Å². The lowest BCUT2D eigenvalue weighted by Gasteiger charge is -2.25. The van der Waals surface area contributed by atoms with E-state index in [2.05, 4.69) is 12.2 Å². The van der Waals surface area contributed by atoms with E-state index in [-0.39, 0.29) is 6.04 Å². The van der Waals surface area contributed by atoms with Crippen molar-refractivity contribution in [2.24, 2.45) is 11.8 Å². The first-order valence-corrected chi connectivity index (χ1v) is 8.72. The zero-order valence-electron chi connectivity index (χ0n) is 10.4. The number of sulfonamides is 1. The van der Waals surface area contributed by atoms with Gasteiger partial charge in [0.05, 0.1) is 0 Å². The van der Waals surface area contributed by atoms with Crippen LogP contribution >= 0.6 is 11.3 Å². The van der Waals surface area contributed by atoms with E-state index in [1.807, 2.05) is 5.38 Å². The van der Waals surface area contributed by atoms with Crippen LogP contribution in [0.3, 0.4) is 0 Å². The molecule has 3 atom stereocenters. The summed E-state index contributed by atoms with van der Waals surface area (Å²) in [5, 5.41) is 5.20. The van der Waals surface area contributed by atoms with Crippen LogP contribution in [-0.4, -0.2) is 38.4 Å². The van der Waals surface area contributed by atoms with Crippen LogP contribution in [0.4, 0.5) is 0 Å². The molecule has 100 valence electrons. The molecular weight excluding hydrogens is 268 g/mol. The molecule has 3 rings (SSSR count). The Morgan fingerprint density at radius 3 is 3.00 bits per heavy atom. The van der Waals surface area contributed by atoms with Crippen molar-refractivity contribution in [1.29, 1.82) is 0 Å². The summed E-state index contributed by atoms with van der Waals surface area (Å²) in [6.45, 7) is 4.68. The third kappa shape index (κ3) is 1.82. The van der Waals surface area contributed by atoms with E-state index < -0.39 is 10.0 Å². The van der Waals surface area contributed by atoms with Gasteiger partial charge in [0, 0.05) is 12.6 Å². The molecule has 2 aliphatic heterocycles. The molecule has 4 nitrogen and oxygen atoms in total. The Morgan fingerprint density at radius 1 is 1.50 bits per heavy atom. The lowest BCUT2D eigenvalue weighted by Crippen LogP contribution is -2.39. The van der Waals surface area contributed by atoms with E-state index in [1.165, 1.54) is 11.3 Å². The highest BCUT2D eigenvalue weighted by Crippen LogP contribution is 2.38. The standard InChI is InChI=1S/C12H18N2O2S2/c1-2-11-10-7-13-6-9(10)8-14(11)18(15,16)12-4-3-5-17-12/h3-5,9-11,13H,2,6-8H2,1H3. The van der Waals surface area contributed by atoms with Gasteiger partial charge in [-0.2, -0.15) is 4.31 Å². The highest BCUT2D eigenvalue weighted by atomic mass is 32.2. The second-order valence-corrected chi connectivity index (χ2v) is 8.13. The summed E-state index contributed by atoms with van der Waals surface area (Å²) in [6, 6.07) is 3.67. The summed E-state index contributed by atoms with van der Waals surface area (Å²) < 4.78 is 27.4. The minimum absolute atomic E-state index is 0.164. The molecule has 0 amide bonds. The molecule has 2 aliphatic rings. The van der Waals surface area contributed by atoms with Gasteiger partial charge in [0.1, 0.15) is 4.21 Å². The molecule has 3 heterocycles. The molecule has 1 aromatic rings. The number of hydrogen-bond donors (Lipinski definition) is 1. The molecule has 1 N–H and O–H groups in total. The van der Waals surface area contributed by atoms with Gasteiger partial charge in [-0.3, -0.25) is 0 Å². The van der Waals surface area contributed by atoms with Crippen LogP contribution in [0.2, 0.25) is 0 Å². The van der Waals surface area contributed by atoms with Crippen molar-refractivity contribution in [2.45, 2.75) is 23.6 Å². The van der Waals surface area contributed by atoms with Crippen LogP contribution in [0.25, 0.3) is 0 Å². The van der Waals surface area contributed by atoms with Crippen LogP contribution in [0.1, 0.15) is 13.3 Å². The van der Waals surface area contributed by atoms with Gasteiger partial charge < -0.3 is 5.32 Å². The van der Waals surface area contributed by atoms with Gasteiger partial charge in [-0.1, -0.05) is 13.0 Å². The third-order valence-electron chi connectivity index (χ3n) is 4.15. The Hall–Kier alpha value is -0.430. The average molecular weight is 286 g/mol. The fourth-order valence-electron chi connectivity index (χ4n) is 3.29. The quantitative estimate of drug-likeness (QED) is 0.913. The summed E-state index contributed by atoms with van der Waals surface area (Å²) in [5.74, 6) is 0.981. The largest absolute Gasteiger partial charge is 0.316 e. The van der Waals surface area contributed by atoms with E-state index in [0.717, 1.165) is 19.5 Å². The van der Waals surface area contributed by atoms with E-state index in [4.69, 9.17) is 0 Å². The van der Waals surface area contributed by atoms with Crippen molar-refractivity contribution in [3.05, 3.63) is 17.5 Å². The van der Waals surface area contributed by atoms with E-state index in [9.17, 15) is 8.42 Å². The molecular formula is C12H18N2O2S2. The van der Waals surface area contributed by atoms with Crippen molar-refractivity contribution in [3.63, 3.8) is 0 Å².